The van der Waals surface area contributed by atoms with Crippen LogP contribution in [0.5, 0.6) is 0 Å². The fourth-order valence-electron chi connectivity index (χ4n) is 2.61. The zero-order valence-corrected chi connectivity index (χ0v) is 15.7. The van der Waals surface area contributed by atoms with E-state index in [1.54, 1.807) is 17.0 Å². The number of ether oxygens (including phenoxy) is 1. The van der Waals surface area contributed by atoms with Crippen molar-refractivity contribution in [3.05, 3.63) is 35.6 Å². The molecule has 0 unspecified atom stereocenters. The molecule has 4 nitrogen and oxygen atoms in total. The van der Waals surface area contributed by atoms with Gasteiger partial charge in [-0.3, -0.25) is 4.90 Å². The van der Waals surface area contributed by atoms with Crippen molar-refractivity contribution in [3.8, 4) is 11.8 Å². The van der Waals surface area contributed by atoms with Crippen LogP contribution in [0.4, 0.5) is 9.18 Å². The molecule has 0 saturated carbocycles. The van der Waals surface area contributed by atoms with E-state index in [0.29, 0.717) is 13.1 Å². The maximum Gasteiger partial charge on any atom is 0.410 e. The molecule has 0 aliphatic carbocycles. The summed E-state index contributed by atoms with van der Waals surface area (Å²) in [4.78, 5) is 16.1. The van der Waals surface area contributed by atoms with Gasteiger partial charge in [0.25, 0.3) is 0 Å². The first-order valence-electron chi connectivity index (χ1n) is 8.58. The van der Waals surface area contributed by atoms with Crippen molar-refractivity contribution in [2.24, 2.45) is 0 Å². The molecule has 1 amide bonds. The number of halogens is 1. The lowest BCUT2D eigenvalue weighted by Crippen LogP contribution is -2.55. The molecule has 1 aliphatic heterocycles. The minimum absolute atomic E-state index is 0.261. The molecule has 1 saturated heterocycles. The van der Waals surface area contributed by atoms with Crippen molar-refractivity contribution in [1.82, 2.24) is 9.80 Å². The number of nitrogens with zero attached hydrogens (tertiary/aromatic N) is 2. The quantitative estimate of drug-likeness (QED) is 0.730. The average molecular weight is 346 g/mol. The number of piperazine rings is 1. The number of rotatable bonds is 1. The Balaban J connectivity index is 1.95. The van der Waals surface area contributed by atoms with E-state index in [0.717, 1.165) is 18.7 Å². The van der Waals surface area contributed by atoms with E-state index < -0.39 is 5.60 Å². The van der Waals surface area contributed by atoms with Gasteiger partial charge in [-0.25, -0.2) is 9.18 Å². The normalized spacial score (nSPS) is 16.2. The minimum atomic E-state index is -0.478. The van der Waals surface area contributed by atoms with Gasteiger partial charge in [0, 0.05) is 31.7 Å². The number of hydrogen-bond acceptors (Lipinski definition) is 3. The first-order chi connectivity index (χ1) is 11.6. The molecule has 0 N–H and O–H groups in total. The summed E-state index contributed by atoms with van der Waals surface area (Å²) in [6.45, 7) is 12.5. The largest absolute Gasteiger partial charge is 0.444 e. The molecule has 1 aliphatic rings. The van der Waals surface area contributed by atoms with Crippen LogP contribution in [-0.2, 0) is 4.74 Å². The van der Waals surface area contributed by atoms with Crippen molar-refractivity contribution in [2.45, 2.75) is 45.8 Å². The summed E-state index contributed by atoms with van der Waals surface area (Å²) in [6, 6.07) is 6.19. The van der Waals surface area contributed by atoms with Gasteiger partial charge in [-0.1, -0.05) is 11.8 Å². The van der Waals surface area contributed by atoms with E-state index in [1.807, 2.05) is 20.8 Å². The van der Waals surface area contributed by atoms with Crippen molar-refractivity contribution in [3.63, 3.8) is 0 Å². The number of amides is 1. The lowest BCUT2D eigenvalue weighted by Gasteiger charge is -2.41. The van der Waals surface area contributed by atoms with Crippen LogP contribution in [-0.4, -0.2) is 53.2 Å². The second-order valence-electron chi connectivity index (χ2n) is 7.77. The standard InChI is InChI=1S/C20H27FN2O2/c1-19(2,3)25-18(24)22-12-14-23(15-13-22)20(4,5)11-10-16-6-8-17(21)9-7-16/h6-9H,12-15H2,1-5H3. The molecule has 2 rings (SSSR count). The predicted molar refractivity (Wildman–Crippen MR) is 96.7 cm³/mol. The molecule has 136 valence electrons. The van der Waals surface area contributed by atoms with Gasteiger partial charge in [0.15, 0.2) is 0 Å². The Kier molecular flexibility index (Phi) is 5.74. The Hall–Kier alpha value is -2.06. The summed E-state index contributed by atoms with van der Waals surface area (Å²) in [7, 11) is 0. The SMILES string of the molecule is CC(C)(C)OC(=O)N1CCN(C(C)(C)C#Cc2ccc(F)cc2)CC1. The highest BCUT2D eigenvalue weighted by atomic mass is 19.1. The Bertz CT molecular complexity index is 658. The molecule has 0 aromatic heterocycles. The van der Waals surface area contributed by atoms with Crippen LogP contribution in [0.1, 0.15) is 40.2 Å². The topological polar surface area (TPSA) is 32.8 Å². The fourth-order valence-corrected chi connectivity index (χ4v) is 2.61. The van der Waals surface area contributed by atoms with Crippen molar-refractivity contribution in [2.75, 3.05) is 26.2 Å². The van der Waals surface area contributed by atoms with Gasteiger partial charge in [0.1, 0.15) is 11.4 Å². The molecule has 5 heteroatoms. The van der Waals surface area contributed by atoms with Gasteiger partial charge in [-0.05, 0) is 58.9 Å². The number of carbonyl (C=O) groups is 1. The zero-order valence-electron chi connectivity index (χ0n) is 15.7. The van der Waals surface area contributed by atoms with E-state index in [2.05, 4.69) is 30.6 Å². The molecule has 0 radical (unpaired) electrons. The van der Waals surface area contributed by atoms with E-state index in [-0.39, 0.29) is 17.4 Å². The first-order valence-corrected chi connectivity index (χ1v) is 8.58. The first kappa shape index (κ1) is 19.3. The Labute approximate surface area is 149 Å². The molecule has 0 bridgehead atoms. The summed E-state index contributed by atoms with van der Waals surface area (Å²) >= 11 is 0. The predicted octanol–water partition coefficient (Wildman–Crippen LogP) is 3.51. The molecule has 0 spiro atoms. The molecule has 1 fully saturated rings. The van der Waals surface area contributed by atoms with Crippen LogP contribution in [0.2, 0.25) is 0 Å². The van der Waals surface area contributed by atoms with E-state index in [1.165, 1.54) is 12.1 Å². The van der Waals surface area contributed by atoms with Crippen LogP contribution < -0.4 is 0 Å². The third-order valence-corrected chi connectivity index (χ3v) is 4.08. The third-order valence-electron chi connectivity index (χ3n) is 4.08. The lowest BCUT2D eigenvalue weighted by molar-refractivity contribution is 0.00782. The summed E-state index contributed by atoms with van der Waals surface area (Å²) in [5.74, 6) is 6.12. The average Bonchev–Trinajstić information content (AvgIpc) is 2.53. The van der Waals surface area contributed by atoms with Gasteiger partial charge in [-0.2, -0.15) is 0 Å². The second-order valence-corrected chi connectivity index (χ2v) is 7.77. The highest BCUT2D eigenvalue weighted by Gasteiger charge is 2.31. The fraction of sp³-hybridized carbons (Fsp3) is 0.550. The molecule has 25 heavy (non-hydrogen) atoms. The van der Waals surface area contributed by atoms with Gasteiger partial charge in [-0.15, -0.1) is 0 Å². The Morgan fingerprint density at radius 3 is 2.12 bits per heavy atom. The molecule has 1 heterocycles. The molecular weight excluding hydrogens is 319 g/mol. The van der Waals surface area contributed by atoms with Crippen molar-refractivity contribution >= 4 is 6.09 Å². The molecule has 0 atom stereocenters. The second kappa shape index (κ2) is 7.45. The van der Waals surface area contributed by atoms with Gasteiger partial charge >= 0.3 is 6.09 Å². The smallest absolute Gasteiger partial charge is 0.410 e. The highest BCUT2D eigenvalue weighted by Crippen LogP contribution is 2.18. The molecular formula is C20H27FN2O2. The highest BCUT2D eigenvalue weighted by molar-refractivity contribution is 5.68. The van der Waals surface area contributed by atoms with Crippen LogP contribution in [0, 0.1) is 17.7 Å². The van der Waals surface area contributed by atoms with Crippen LogP contribution in [0.3, 0.4) is 0 Å². The van der Waals surface area contributed by atoms with Crippen LogP contribution in [0.25, 0.3) is 0 Å². The maximum atomic E-state index is 13.0. The Morgan fingerprint density at radius 2 is 1.60 bits per heavy atom. The van der Waals surface area contributed by atoms with Crippen molar-refractivity contribution < 1.29 is 13.9 Å². The monoisotopic (exact) mass is 346 g/mol. The van der Waals surface area contributed by atoms with E-state index >= 15 is 0 Å². The van der Waals surface area contributed by atoms with Gasteiger partial charge in [0.2, 0.25) is 0 Å². The van der Waals surface area contributed by atoms with Crippen molar-refractivity contribution in [1.29, 1.82) is 0 Å². The maximum absolute atomic E-state index is 13.0. The lowest BCUT2D eigenvalue weighted by atomic mass is 10.0. The van der Waals surface area contributed by atoms with E-state index in [4.69, 9.17) is 4.74 Å². The van der Waals surface area contributed by atoms with Gasteiger partial charge in [0.05, 0.1) is 5.54 Å². The summed E-state index contributed by atoms with van der Waals surface area (Å²) in [5.41, 5.74) is -0.00965. The van der Waals surface area contributed by atoms with Crippen LogP contribution in [0.15, 0.2) is 24.3 Å². The summed E-state index contributed by atoms with van der Waals surface area (Å²) in [6.07, 6.45) is -0.262. The zero-order chi connectivity index (χ0) is 18.7. The van der Waals surface area contributed by atoms with E-state index in [9.17, 15) is 9.18 Å². The van der Waals surface area contributed by atoms with Crippen LogP contribution >= 0.6 is 0 Å². The Morgan fingerprint density at radius 1 is 1.04 bits per heavy atom. The number of benzene rings is 1. The number of carbonyl (C=O) groups excluding carboxylic acids is 1. The third kappa shape index (κ3) is 5.75. The summed E-state index contributed by atoms with van der Waals surface area (Å²) in [5, 5.41) is 0. The molecule has 1 aromatic rings. The number of hydrogen-bond donors (Lipinski definition) is 0. The molecule has 1 aromatic carbocycles. The summed E-state index contributed by atoms with van der Waals surface area (Å²) < 4.78 is 18.4. The van der Waals surface area contributed by atoms with Gasteiger partial charge < -0.3 is 9.64 Å². The minimum Gasteiger partial charge on any atom is -0.444 e.